The normalized spacial score (nSPS) is 22.0. The van der Waals surface area contributed by atoms with E-state index in [1.165, 1.54) is 32.7 Å². The maximum absolute atomic E-state index is 12.0. The largest absolute Gasteiger partial charge is 0.378 e. The Morgan fingerprint density at radius 3 is 2.30 bits per heavy atom. The summed E-state index contributed by atoms with van der Waals surface area (Å²) in [5.74, 6) is 0.899. The molecule has 0 amide bonds. The van der Waals surface area contributed by atoms with Crippen molar-refractivity contribution in [2.75, 3.05) is 5.32 Å². The highest BCUT2D eigenvalue weighted by Gasteiger charge is 2.39. The summed E-state index contributed by atoms with van der Waals surface area (Å²) >= 11 is 0. The van der Waals surface area contributed by atoms with Crippen LogP contribution >= 0.6 is 0 Å². The van der Waals surface area contributed by atoms with Gasteiger partial charge in [-0.05, 0) is 76.2 Å². The fraction of sp³-hybridized carbons (Fsp3) is 0.179. The predicted octanol–water partition coefficient (Wildman–Crippen LogP) is 7.02. The Bertz CT molecular complexity index is 1300. The molecule has 0 spiro atoms. The first-order chi connectivity index (χ1) is 14.7. The summed E-state index contributed by atoms with van der Waals surface area (Å²) in [6, 6.07) is 26.1. The fourth-order valence-electron chi connectivity index (χ4n) is 5.48. The smallest absolute Gasteiger partial charge is 0.159 e. The Morgan fingerprint density at radius 2 is 1.60 bits per heavy atom. The number of hydrogen-bond donors (Lipinski definition) is 1. The molecule has 0 saturated carbocycles. The number of hydrogen-bond acceptors (Lipinski definition) is 2. The van der Waals surface area contributed by atoms with E-state index < -0.39 is 0 Å². The van der Waals surface area contributed by atoms with Gasteiger partial charge in [0.05, 0.1) is 6.04 Å². The van der Waals surface area contributed by atoms with Crippen LogP contribution in [-0.2, 0) is 0 Å². The minimum atomic E-state index is 0.124. The van der Waals surface area contributed by atoms with Gasteiger partial charge in [0.25, 0.3) is 0 Å². The average Bonchev–Trinajstić information content (AvgIpc) is 3.27. The molecular formula is C28H23NO. The maximum atomic E-state index is 12.0. The van der Waals surface area contributed by atoms with Gasteiger partial charge in [0, 0.05) is 17.2 Å². The molecule has 0 fully saturated rings. The molecule has 6 rings (SSSR count). The molecule has 0 aromatic heterocycles. The van der Waals surface area contributed by atoms with Gasteiger partial charge < -0.3 is 5.32 Å². The van der Waals surface area contributed by atoms with E-state index in [0.717, 1.165) is 17.7 Å². The van der Waals surface area contributed by atoms with E-state index in [4.69, 9.17) is 0 Å². The maximum Gasteiger partial charge on any atom is 0.159 e. The van der Waals surface area contributed by atoms with Crippen molar-refractivity contribution >= 4 is 33.0 Å². The molecule has 1 heterocycles. The number of carbonyl (C=O) groups excluding carboxylic acids is 1. The zero-order valence-corrected chi connectivity index (χ0v) is 16.9. The summed E-state index contributed by atoms with van der Waals surface area (Å²) in [5, 5.41) is 9.10. The van der Waals surface area contributed by atoms with E-state index in [-0.39, 0.29) is 11.8 Å². The number of ketones is 1. The summed E-state index contributed by atoms with van der Waals surface area (Å²) in [4.78, 5) is 12.0. The quantitative estimate of drug-likeness (QED) is 0.227. The molecule has 0 bridgehead atoms. The third kappa shape index (κ3) is 2.53. The number of benzene rings is 4. The van der Waals surface area contributed by atoms with E-state index >= 15 is 0 Å². The molecule has 0 saturated heterocycles. The first kappa shape index (κ1) is 17.5. The molecule has 2 nitrogen and oxygen atoms in total. The molecule has 4 aromatic carbocycles. The molecule has 1 aliphatic heterocycles. The van der Waals surface area contributed by atoms with Crippen molar-refractivity contribution in [2.24, 2.45) is 5.92 Å². The van der Waals surface area contributed by atoms with Crippen LogP contribution in [0.15, 0.2) is 84.9 Å². The van der Waals surface area contributed by atoms with E-state index in [9.17, 15) is 4.79 Å². The van der Waals surface area contributed by atoms with Gasteiger partial charge in [0.2, 0.25) is 0 Å². The number of anilines is 1. The van der Waals surface area contributed by atoms with Crippen molar-refractivity contribution in [1.29, 1.82) is 0 Å². The second kappa shape index (κ2) is 6.56. The molecule has 1 aliphatic carbocycles. The number of fused-ring (bicyclic) bond motifs is 5. The highest BCUT2D eigenvalue weighted by atomic mass is 16.1. The summed E-state index contributed by atoms with van der Waals surface area (Å²) < 4.78 is 0. The van der Waals surface area contributed by atoms with Crippen LogP contribution in [0.25, 0.3) is 21.5 Å². The van der Waals surface area contributed by atoms with E-state index in [0.29, 0.717) is 11.8 Å². The second-order valence-electron chi connectivity index (χ2n) is 8.57. The molecule has 2 heteroatoms. The van der Waals surface area contributed by atoms with E-state index in [1.807, 2.05) is 6.07 Å². The lowest BCUT2D eigenvalue weighted by Crippen LogP contribution is -2.29. The first-order valence-corrected chi connectivity index (χ1v) is 10.7. The highest BCUT2D eigenvalue weighted by molar-refractivity contribution is 6.03. The highest BCUT2D eigenvalue weighted by Crippen LogP contribution is 2.52. The van der Waals surface area contributed by atoms with Crippen LogP contribution in [0.2, 0.25) is 0 Å². The van der Waals surface area contributed by atoms with Crippen molar-refractivity contribution in [1.82, 2.24) is 0 Å². The number of nitrogens with one attached hydrogen (secondary N) is 1. The van der Waals surface area contributed by atoms with Crippen LogP contribution in [0, 0.1) is 5.92 Å². The molecular weight excluding hydrogens is 366 g/mol. The van der Waals surface area contributed by atoms with Crippen LogP contribution in [0.1, 0.15) is 46.8 Å². The van der Waals surface area contributed by atoms with Gasteiger partial charge in [-0.3, -0.25) is 4.79 Å². The predicted molar refractivity (Wildman–Crippen MR) is 124 cm³/mol. The third-order valence-corrected chi connectivity index (χ3v) is 6.89. The van der Waals surface area contributed by atoms with Crippen LogP contribution in [0.5, 0.6) is 0 Å². The minimum absolute atomic E-state index is 0.124. The van der Waals surface area contributed by atoms with Gasteiger partial charge in [-0.15, -0.1) is 0 Å². The van der Waals surface area contributed by atoms with Crippen molar-refractivity contribution in [3.63, 3.8) is 0 Å². The van der Waals surface area contributed by atoms with Gasteiger partial charge in [-0.1, -0.05) is 60.7 Å². The van der Waals surface area contributed by atoms with Crippen LogP contribution in [0.3, 0.4) is 0 Å². The van der Waals surface area contributed by atoms with Crippen LogP contribution in [-0.4, -0.2) is 5.78 Å². The van der Waals surface area contributed by atoms with Crippen LogP contribution in [0.4, 0.5) is 5.69 Å². The zero-order chi connectivity index (χ0) is 20.2. The lowest BCUT2D eigenvalue weighted by atomic mass is 9.74. The third-order valence-electron chi connectivity index (χ3n) is 6.89. The Hall–Kier alpha value is -3.39. The molecule has 4 aromatic rings. The second-order valence-corrected chi connectivity index (χ2v) is 8.57. The van der Waals surface area contributed by atoms with Gasteiger partial charge in [0.15, 0.2) is 5.78 Å². The average molecular weight is 389 g/mol. The molecule has 2 aliphatic rings. The number of Topliss-reactive ketones (excluding diaryl/α,β-unsaturated/α-hetero) is 1. The Kier molecular flexibility index (Phi) is 3.82. The van der Waals surface area contributed by atoms with Crippen molar-refractivity contribution in [2.45, 2.75) is 25.3 Å². The van der Waals surface area contributed by atoms with Gasteiger partial charge in [0.1, 0.15) is 0 Å². The standard InChI is InChI=1S/C28H23NO/c1-17(30)18-13-14-26-25(16-18)23-11-6-12-24(23)28(29-26)27-21-9-4-2-7-19(21)15-20-8-3-5-10-22(20)27/h2-11,13-16,23-24,28-29H,12H2,1H3. The summed E-state index contributed by atoms with van der Waals surface area (Å²) in [7, 11) is 0. The Labute approximate surface area is 176 Å². The summed E-state index contributed by atoms with van der Waals surface area (Å²) in [6.07, 6.45) is 5.70. The van der Waals surface area contributed by atoms with Crippen molar-refractivity contribution in [3.05, 3.63) is 102 Å². The molecule has 1 N–H and O–H groups in total. The van der Waals surface area contributed by atoms with Crippen molar-refractivity contribution < 1.29 is 4.79 Å². The lowest BCUT2D eigenvalue weighted by molar-refractivity contribution is 0.101. The van der Waals surface area contributed by atoms with Gasteiger partial charge in [-0.2, -0.15) is 0 Å². The van der Waals surface area contributed by atoms with Gasteiger partial charge >= 0.3 is 0 Å². The summed E-state index contributed by atoms with van der Waals surface area (Å²) in [5.41, 5.74) is 4.59. The first-order valence-electron chi connectivity index (χ1n) is 10.7. The van der Waals surface area contributed by atoms with E-state index in [1.54, 1.807) is 6.92 Å². The van der Waals surface area contributed by atoms with Crippen LogP contribution < -0.4 is 5.32 Å². The van der Waals surface area contributed by atoms with Gasteiger partial charge in [-0.25, -0.2) is 0 Å². The minimum Gasteiger partial charge on any atom is -0.378 e. The SMILES string of the molecule is CC(=O)c1ccc2c(c1)C1C=CCC1C(c1c3ccccc3cc3ccccc13)N2. The van der Waals surface area contributed by atoms with Crippen molar-refractivity contribution in [3.8, 4) is 0 Å². The topological polar surface area (TPSA) is 29.1 Å². The summed E-state index contributed by atoms with van der Waals surface area (Å²) in [6.45, 7) is 1.64. The molecule has 30 heavy (non-hydrogen) atoms. The Balaban J connectivity index is 1.60. The number of allylic oxidation sites excluding steroid dienone is 2. The Morgan fingerprint density at radius 1 is 0.900 bits per heavy atom. The monoisotopic (exact) mass is 389 g/mol. The fourth-order valence-corrected chi connectivity index (χ4v) is 5.48. The number of carbonyl (C=O) groups is 1. The molecule has 146 valence electrons. The molecule has 0 radical (unpaired) electrons. The lowest BCUT2D eigenvalue weighted by Gasteiger charge is -2.38. The number of rotatable bonds is 2. The molecule has 3 unspecified atom stereocenters. The molecule has 3 atom stereocenters. The van der Waals surface area contributed by atoms with E-state index in [2.05, 4.69) is 84.2 Å². The zero-order valence-electron chi connectivity index (χ0n) is 16.9.